The summed E-state index contributed by atoms with van der Waals surface area (Å²) in [7, 11) is 0. The Morgan fingerprint density at radius 1 is 0.341 bits per heavy atom. The predicted molar refractivity (Wildman–Crippen MR) is 171 cm³/mol. The molecule has 0 unspecified atom stereocenters. The van der Waals surface area contributed by atoms with Crippen molar-refractivity contribution in [3.05, 3.63) is 140 Å². The Kier molecular flexibility index (Phi) is 5.95. The summed E-state index contributed by atoms with van der Waals surface area (Å²) >= 11 is -0.382. The molecular formula is C37H23N3Te. The molecule has 8 aromatic rings. The number of rotatable bonds is 4. The molecule has 0 radical (unpaired) electrons. The molecule has 0 aliphatic rings. The van der Waals surface area contributed by atoms with Crippen LogP contribution < -0.4 is 0 Å². The van der Waals surface area contributed by atoms with E-state index >= 15 is 0 Å². The number of fused-ring (bicyclic) bond motifs is 4. The molecular weight excluding hydrogens is 614 g/mol. The monoisotopic (exact) mass is 639 g/mol. The summed E-state index contributed by atoms with van der Waals surface area (Å²) in [6.45, 7) is 0. The zero-order valence-electron chi connectivity index (χ0n) is 22.0. The number of benzene rings is 6. The molecule has 4 heteroatoms. The van der Waals surface area contributed by atoms with E-state index in [1.54, 1.807) is 0 Å². The van der Waals surface area contributed by atoms with Crippen LogP contribution >= 0.6 is 0 Å². The number of nitrogens with zero attached hydrogens (tertiary/aromatic N) is 3. The van der Waals surface area contributed by atoms with Gasteiger partial charge in [0, 0.05) is 0 Å². The van der Waals surface area contributed by atoms with Gasteiger partial charge in [-0.25, -0.2) is 0 Å². The molecule has 0 bridgehead atoms. The van der Waals surface area contributed by atoms with Gasteiger partial charge in [-0.15, -0.1) is 0 Å². The van der Waals surface area contributed by atoms with Crippen molar-refractivity contribution >= 4 is 48.8 Å². The molecule has 2 heterocycles. The van der Waals surface area contributed by atoms with Gasteiger partial charge >= 0.3 is 212 Å². The molecule has 0 aliphatic heterocycles. The second-order valence-electron chi connectivity index (χ2n) is 10.1. The molecule has 0 N–H and O–H groups in total. The van der Waals surface area contributed by atoms with Gasteiger partial charge in [-0.3, -0.25) is 0 Å². The van der Waals surface area contributed by atoms with Crippen molar-refractivity contribution in [2.75, 3.05) is 0 Å². The van der Waals surface area contributed by atoms with Crippen LogP contribution in [0.3, 0.4) is 0 Å². The van der Waals surface area contributed by atoms with Crippen LogP contribution in [-0.2, 0) is 0 Å². The summed E-state index contributed by atoms with van der Waals surface area (Å²) in [5.74, 6) is 2.02. The van der Waals surface area contributed by atoms with Crippen LogP contribution in [0.5, 0.6) is 0 Å². The van der Waals surface area contributed by atoms with Gasteiger partial charge in [0.2, 0.25) is 0 Å². The first kappa shape index (κ1) is 24.2. The molecule has 41 heavy (non-hydrogen) atoms. The van der Waals surface area contributed by atoms with Crippen LogP contribution in [0.15, 0.2) is 140 Å². The van der Waals surface area contributed by atoms with Gasteiger partial charge in [-0.1, -0.05) is 36.4 Å². The summed E-state index contributed by atoms with van der Waals surface area (Å²) in [5, 5.41) is 5.15. The Morgan fingerprint density at radius 3 is 1.54 bits per heavy atom. The number of hydrogen-bond donors (Lipinski definition) is 0. The Labute approximate surface area is 247 Å². The topological polar surface area (TPSA) is 38.7 Å². The van der Waals surface area contributed by atoms with Gasteiger partial charge in [-0.05, 0) is 0 Å². The van der Waals surface area contributed by atoms with Gasteiger partial charge in [0.05, 0.1) is 0 Å². The van der Waals surface area contributed by atoms with Crippen LogP contribution in [0.4, 0.5) is 0 Å². The summed E-state index contributed by atoms with van der Waals surface area (Å²) in [4.78, 5) is 14.9. The molecule has 0 saturated carbocycles. The average Bonchev–Trinajstić information content (AvgIpc) is 3.43. The summed E-state index contributed by atoms with van der Waals surface area (Å²) in [6.07, 6.45) is 0. The number of aromatic nitrogens is 3. The van der Waals surface area contributed by atoms with E-state index in [1.807, 2.05) is 60.7 Å². The number of hydrogen-bond acceptors (Lipinski definition) is 3. The Balaban J connectivity index is 1.32. The maximum absolute atomic E-state index is 5.01. The third-order valence-corrected chi connectivity index (χ3v) is 10.8. The van der Waals surface area contributed by atoms with E-state index in [9.17, 15) is 0 Å². The van der Waals surface area contributed by atoms with Crippen LogP contribution in [0.2, 0.25) is 0 Å². The minimum atomic E-state index is -0.382. The molecule has 6 aromatic carbocycles. The second-order valence-corrected chi connectivity index (χ2v) is 13.1. The molecule has 0 atom stereocenters. The summed E-state index contributed by atoms with van der Waals surface area (Å²) in [5.41, 5.74) is 5.43. The molecule has 0 amide bonds. The summed E-state index contributed by atoms with van der Waals surface area (Å²) in [6, 6.07) is 49.2. The quantitative estimate of drug-likeness (QED) is 0.181. The van der Waals surface area contributed by atoms with E-state index in [-0.39, 0.29) is 20.4 Å². The fraction of sp³-hybridized carbons (Fsp3) is 0. The molecule has 0 fully saturated rings. The van der Waals surface area contributed by atoms with E-state index < -0.39 is 0 Å². The smallest absolute Gasteiger partial charge is 0.0615 e. The van der Waals surface area contributed by atoms with Crippen molar-refractivity contribution in [3.63, 3.8) is 0 Å². The fourth-order valence-corrected chi connectivity index (χ4v) is 8.84. The molecule has 3 nitrogen and oxygen atoms in total. The zero-order chi connectivity index (χ0) is 27.2. The van der Waals surface area contributed by atoms with Crippen LogP contribution in [0, 0.1) is 0 Å². The minimum Gasteiger partial charge on any atom is -0.0615 e. The van der Waals surface area contributed by atoms with Gasteiger partial charge in [0.25, 0.3) is 0 Å². The first-order valence-corrected chi connectivity index (χ1v) is 16.0. The van der Waals surface area contributed by atoms with Crippen LogP contribution in [0.25, 0.3) is 73.6 Å². The van der Waals surface area contributed by atoms with E-state index in [2.05, 4.69) is 78.9 Å². The standard InChI is InChI=1S/C37H23N3Te/c1-3-11-24(12-4-1)35-38-36(25-13-5-2-6-14-25)40-37(39-35)32-22-21-27(28-15-7-8-16-29(28)32)26-19-20-31-30-17-9-10-18-33(30)41-34(31)23-26/h1-23H. The minimum absolute atomic E-state index is 0.382. The third-order valence-electron chi connectivity index (χ3n) is 7.55. The normalized spacial score (nSPS) is 11.4. The first-order valence-electron chi connectivity index (χ1n) is 13.6. The van der Waals surface area contributed by atoms with Crippen LogP contribution in [0.1, 0.15) is 0 Å². The molecule has 0 spiro atoms. The SMILES string of the molecule is c1ccc(-c2nc(-c3ccccc3)nc(-c3ccc(-c4ccc5c(c4)[te]c4ccccc45)c4ccccc34)n2)cc1. The van der Waals surface area contributed by atoms with E-state index in [1.165, 1.54) is 34.1 Å². The van der Waals surface area contributed by atoms with E-state index in [0.717, 1.165) is 22.1 Å². The van der Waals surface area contributed by atoms with Crippen molar-refractivity contribution in [1.82, 2.24) is 15.0 Å². The van der Waals surface area contributed by atoms with Gasteiger partial charge < -0.3 is 0 Å². The Bertz CT molecular complexity index is 2140. The van der Waals surface area contributed by atoms with Crippen molar-refractivity contribution in [3.8, 4) is 45.3 Å². The van der Waals surface area contributed by atoms with Crippen molar-refractivity contribution in [1.29, 1.82) is 0 Å². The third kappa shape index (κ3) is 4.33. The molecule has 2 aromatic heterocycles. The van der Waals surface area contributed by atoms with E-state index in [4.69, 9.17) is 15.0 Å². The van der Waals surface area contributed by atoms with Crippen molar-refractivity contribution < 1.29 is 0 Å². The molecule has 0 saturated heterocycles. The second kappa shape index (κ2) is 10.1. The van der Waals surface area contributed by atoms with Gasteiger partial charge in [0.15, 0.2) is 0 Å². The Hall–Kier alpha value is -4.62. The predicted octanol–water partition coefficient (Wildman–Crippen LogP) is 9.06. The van der Waals surface area contributed by atoms with Gasteiger partial charge in [0.1, 0.15) is 0 Å². The molecule has 0 aliphatic carbocycles. The average molecular weight is 637 g/mol. The molecule has 8 rings (SSSR count). The zero-order valence-corrected chi connectivity index (χ0v) is 24.4. The summed E-state index contributed by atoms with van der Waals surface area (Å²) < 4.78 is 3.04. The Morgan fingerprint density at radius 2 is 0.854 bits per heavy atom. The fourth-order valence-electron chi connectivity index (χ4n) is 5.57. The van der Waals surface area contributed by atoms with Crippen molar-refractivity contribution in [2.45, 2.75) is 0 Å². The maximum atomic E-state index is 5.01. The van der Waals surface area contributed by atoms with Crippen molar-refractivity contribution in [2.24, 2.45) is 0 Å². The van der Waals surface area contributed by atoms with Crippen LogP contribution in [-0.4, -0.2) is 35.4 Å². The van der Waals surface area contributed by atoms with Gasteiger partial charge in [-0.2, -0.15) is 0 Å². The molecule has 192 valence electrons. The van der Waals surface area contributed by atoms with E-state index in [0.29, 0.717) is 17.5 Å². The first-order chi connectivity index (χ1) is 20.3.